The van der Waals surface area contributed by atoms with Crippen molar-refractivity contribution in [1.82, 2.24) is 15.5 Å². The monoisotopic (exact) mass is 291 g/mol. The Morgan fingerprint density at radius 1 is 1.21 bits per heavy atom. The predicted octanol–water partition coefficient (Wildman–Crippen LogP) is -0.830. The second-order valence-electron chi connectivity index (χ2n) is 4.28. The Morgan fingerprint density at radius 3 is 2.47 bits per heavy atom. The highest BCUT2D eigenvalue weighted by Crippen LogP contribution is 2.07. The quantitative estimate of drug-likeness (QED) is 0.488. The van der Waals surface area contributed by atoms with Crippen molar-refractivity contribution in [3.8, 4) is 0 Å². The van der Waals surface area contributed by atoms with Gasteiger partial charge in [-0.05, 0) is 0 Å². The number of thioether (sulfide) groups is 1. The van der Waals surface area contributed by atoms with E-state index in [1.54, 1.807) is 0 Å². The van der Waals surface area contributed by atoms with Crippen molar-refractivity contribution >= 4 is 23.8 Å². The first-order valence-corrected chi connectivity index (χ1v) is 7.47. The standard InChI is InChI=1S/C11H21N3O4S/c15-9(10(16)17)1-2-12-11(18)13-3-4-14-5-7-19-8-6-14/h9,15H,1-8H2,(H,16,17)(H2,12,13,18)/t9-/m0/s1. The van der Waals surface area contributed by atoms with Crippen LogP contribution in [0.4, 0.5) is 4.79 Å². The van der Waals surface area contributed by atoms with Crippen LogP contribution in [0.25, 0.3) is 0 Å². The van der Waals surface area contributed by atoms with Gasteiger partial charge in [-0.25, -0.2) is 9.59 Å². The fraction of sp³-hybridized carbons (Fsp3) is 0.818. The third-order valence-electron chi connectivity index (χ3n) is 2.81. The zero-order valence-electron chi connectivity index (χ0n) is 10.8. The van der Waals surface area contributed by atoms with Crippen LogP contribution in [0.5, 0.6) is 0 Å². The van der Waals surface area contributed by atoms with E-state index in [9.17, 15) is 9.59 Å². The number of carbonyl (C=O) groups excluding carboxylic acids is 1. The third kappa shape index (κ3) is 7.24. The molecule has 0 bridgehead atoms. The van der Waals surface area contributed by atoms with Crippen molar-refractivity contribution in [2.75, 3.05) is 44.2 Å². The topological polar surface area (TPSA) is 102 Å². The summed E-state index contributed by atoms with van der Waals surface area (Å²) in [6.45, 7) is 3.64. The number of carboxylic acids is 1. The fourth-order valence-electron chi connectivity index (χ4n) is 1.66. The van der Waals surface area contributed by atoms with E-state index in [2.05, 4.69) is 15.5 Å². The highest BCUT2D eigenvalue weighted by Gasteiger charge is 2.13. The molecule has 0 aromatic rings. The number of nitrogens with zero attached hydrogens (tertiary/aromatic N) is 1. The highest BCUT2D eigenvalue weighted by molar-refractivity contribution is 7.99. The molecule has 0 aromatic carbocycles. The van der Waals surface area contributed by atoms with Crippen molar-refractivity contribution in [2.45, 2.75) is 12.5 Å². The molecule has 0 aromatic heterocycles. The van der Waals surface area contributed by atoms with E-state index in [4.69, 9.17) is 10.2 Å². The van der Waals surface area contributed by atoms with Gasteiger partial charge in [-0.1, -0.05) is 0 Å². The summed E-state index contributed by atoms with van der Waals surface area (Å²) in [7, 11) is 0. The number of urea groups is 1. The second kappa shape index (κ2) is 9.00. The largest absolute Gasteiger partial charge is 0.479 e. The molecule has 1 rings (SSSR count). The van der Waals surface area contributed by atoms with E-state index >= 15 is 0 Å². The molecule has 110 valence electrons. The molecular weight excluding hydrogens is 270 g/mol. The summed E-state index contributed by atoms with van der Waals surface area (Å²) < 4.78 is 0. The number of aliphatic hydroxyl groups excluding tert-OH is 1. The lowest BCUT2D eigenvalue weighted by atomic mass is 10.2. The molecule has 19 heavy (non-hydrogen) atoms. The number of aliphatic carboxylic acids is 1. The van der Waals surface area contributed by atoms with Crippen LogP contribution in [0.15, 0.2) is 0 Å². The van der Waals surface area contributed by atoms with E-state index in [0.29, 0.717) is 6.54 Å². The van der Waals surface area contributed by atoms with Crippen LogP contribution in [0, 0.1) is 0 Å². The second-order valence-corrected chi connectivity index (χ2v) is 5.50. The first-order chi connectivity index (χ1) is 9.09. The van der Waals surface area contributed by atoms with Crippen molar-refractivity contribution in [3.63, 3.8) is 0 Å². The molecule has 0 spiro atoms. The van der Waals surface area contributed by atoms with E-state index < -0.39 is 12.1 Å². The van der Waals surface area contributed by atoms with E-state index in [1.807, 2.05) is 11.8 Å². The van der Waals surface area contributed by atoms with E-state index in [0.717, 1.165) is 31.1 Å². The molecular formula is C11H21N3O4S. The van der Waals surface area contributed by atoms with E-state index in [-0.39, 0.29) is 19.0 Å². The molecule has 1 aliphatic heterocycles. The maximum atomic E-state index is 11.4. The molecule has 1 aliphatic rings. The first-order valence-electron chi connectivity index (χ1n) is 6.32. The normalized spacial score (nSPS) is 17.7. The van der Waals surface area contributed by atoms with Crippen LogP contribution >= 0.6 is 11.8 Å². The molecule has 0 saturated carbocycles. The molecule has 0 unspecified atom stereocenters. The maximum Gasteiger partial charge on any atom is 0.332 e. The highest BCUT2D eigenvalue weighted by atomic mass is 32.2. The molecule has 1 heterocycles. The lowest BCUT2D eigenvalue weighted by Crippen LogP contribution is -2.43. The van der Waals surface area contributed by atoms with Crippen molar-refractivity contribution < 1.29 is 19.8 Å². The van der Waals surface area contributed by atoms with Crippen LogP contribution in [0.3, 0.4) is 0 Å². The van der Waals surface area contributed by atoms with E-state index in [1.165, 1.54) is 0 Å². The molecule has 1 fully saturated rings. The van der Waals surface area contributed by atoms with Crippen molar-refractivity contribution in [3.05, 3.63) is 0 Å². The summed E-state index contributed by atoms with van der Waals surface area (Å²) in [6.07, 6.45) is -1.42. The Bertz CT molecular complexity index is 298. The SMILES string of the molecule is O=C(NCC[C@H](O)C(=O)O)NCCN1CCSCC1. The van der Waals surface area contributed by atoms with Gasteiger partial charge in [-0.2, -0.15) is 11.8 Å². The number of carboxylic acid groups (broad SMARTS) is 1. The van der Waals surface area contributed by atoms with Crippen LogP contribution in [0.1, 0.15) is 6.42 Å². The minimum atomic E-state index is -1.42. The molecule has 0 radical (unpaired) electrons. The summed E-state index contributed by atoms with van der Waals surface area (Å²) in [5.74, 6) is 1.00. The molecule has 0 aliphatic carbocycles. The summed E-state index contributed by atoms with van der Waals surface area (Å²) in [4.78, 5) is 24.0. The molecule has 8 heteroatoms. The lowest BCUT2D eigenvalue weighted by molar-refractivity contribution is -0.146. The third-order valence-corrected chi connectivity index (χ3v) is 3.75. The van der Waals surface area contributed by atoms with Gasteiger partial charge in [0.05, 0.1) is 0 Å². The number of nitrogens with one attached hydrogen (secondary N) is 2. The Labute approximate surface area is 116 Å². The number of carbonyl (C=O) groups is 2. The lowest BCUT2D eigenvalue weighted by Gasteiger charge is -2.26. The molecule has 1 saturated heterocycles. The Hall–Kier alpha value is -0.990. The van der Waals surface area contributed by atoms with Gasteiger partial charge in [-0.15, -0.1) is 0 Å². The fourth-order valence-corrected chi connectivity index (χ4v) is 2.64. The molecule has 1 atom stereocenters. The number of hydrogen-bond donors (Lipinski definition) is 4. The van der Waals surface area contributed by atoms with Gasteiger partial charge >= 0.3 is 12.0 Å². The Kier molecular flexibility index (Phi) is 7.61. The summed E-state index contributed by atoms with van der Waals surface area (Å²) >= 11 is 1.94. The molecule has 4 N–H and O–H groups in total. The zero-order chi connectivity index (χ0) is 14.1. The Balaban J connectivity index is 1.99. The number of aliphatic hydroxyl groups is 1. The summed E-state index contributed by atoms with van der Waals surface area (Å²) in [5, 5.41) is 22.7. The number of rotatable bonds is 7. The smallest absolute Gasteiger partial charge is 0.332 e. The molecule has 2 amide bonds. The van der Waals surface area contributed by atoms with Gasteiger partial charge in [-0.3, -0.25) is 4.90 Å². The van der Waals surface area contributed by atoms with Crippen molar-refractivity contribution in [2.24, 2.45) is 0 Å². The number of amides is 2. The van der Waals surface area contributed by atoms with Crippen LogP contribution in [-0.2, 0) is 4.79 Å². The average Bonchev–Trinajstić information content (AvgIpc) is 2.39. The predicted molar refractivity (Wildman–Crippen MR) is 73.4 cm³/mol. The van der Waals surface area contributed by atoms with Crippen LogP contribution < -0.4 is 10.6 Å². The van der Waals surface area contributed by atoms with Crippen LogP contribution in [-0.4, -0.2) is 77.4 Å². The minimum Gasteiger partial charge on any atom is -0.479 e. The van der Waals surface area contributed by atoms with Gasteiger partial charge in [0.1, 0.15) is 0 Å². The van der Waals surface area contributed by atoms with Gasteiger partial charge in [0.2, 0.25) is 0 Å². The van der Waals surface area contributed by atoms with Crippen LogP contribution in [0.2, 0.25) is 0 Å². The first kappa shape index (κ1) is 16.1. The minimum absolute atomic E-state index is 0.00605. The summed E-state index contributed by atoms with van der Waals surface area (Å²) in [6, 6.07) is -0.330. The number of hydrogen-bond acceptors (Lipinski definition) is 5. The average molecular weight is 291 g/mol. The van der Waals surface area contributed by atoms with Gasteiger partial charge in [0, 0.05) is 50.7 Å². The summed E-state index contributed by atoms with van der Waals surface area (Å²) in [5.41, 5.74) is 0. The van der Waals surface area contributed by atoms with Gasteiger partial charge < -0.3 is 20.8 Å². The zero-order valence-corrected chi connectivity index (χ0v) is 11.6. The Morgan fingerprint density at radius 2 is 1.84 bits per heavy atom. The van der Waals surface area contributed by atoms with Gasteiger partial charge in [0.15, 0.2) is 6.10 Å². The van der Waals surface area contributed by atoms with Crippen molar-refractivity contribution in [1.29, 1.82) is 0 Å². The van der Waals surface area contributed by atoms with Gasteiger partial charge in [0.25, 0.3) is 0 Å². The maximum absolute atomic E-state index is 11.4. The molecule has 7 nitrogen and oxygen atoms in total.